The lowest BCUT2D eigenvalue weighted by molar-refractivity contribution is 0.435. The van der Waals surface area contributed by atoms with E-state index >= 15 is 0 Å². The molecule has 0 bridgehead atoms. The highest BCUT2D eigenvalue weighted by molar-refractivity contribution is 9.10. The van der Waals surface area contributed by atoms with E-state index in [1.165, 1.54) is 6.07 Å². The van der Waals surface area contributed by atoms with Crippen LogP contribution in [-0.4, -0.2) is 5.16 Å². The minimum Gasteiger partial charge on any atom is -0.381 e. The van der Waals surface area contributed by atoms with Gasteiger partial charge in [-0.2, -0.15) is 0 Å². The molecule has 5 heteroatoms. The number of nitrogens with zero attached hydrogens (tertiary/aromatic N) is 1. The minimum absolute atomic E-state index is 0.274. The number of nitrogens with two attached hydrogens (primary N) is 1. The average Bonchev–Trinajstić information content (AvgIpc) is 2.57. The second-order valence-electron chi connectivity index (χ2n) is 2.72. The SMILES string of the molecule is Nc1cc(-c2cccc(F)c2Br)on1. The first-order chi connectivity index (χ1) is 6.68. The van der Waals surface area contributed by atoms with Crippen LogP contribution in [0.2, 0.25) is 0 Å². The van der Waals surface area contributed by atoms with Crippen molar-refractivity contribution in [2.45, 2.75) is 0 Å². The van der Waals surface area contributed by atoms with E-state index in [4.69, 9.17) is 10.3 Å². The van der Waals surface area contributed by atoms with Gasteiger partial charge in [0.05, 0.1) is 4.47 Å². The van der Waals surface area contributed by atoms with E-state index in [-0.39, 0.29) is 11.6 Å². The number of rotatable bonds is 1. The van der Waals surface area contributed by atoms with Crippen molar-refractivity contribution in [2.75, 3.05) is 5.73 Å². The lowest BCUT2D eigenvalue weighted by Gasteiger charge is -1.99. The quantitative estimate of drug-likeness (QED) is 0.854. The summed E-state index contributed by atoms with van der Waals surface area (Å²) in [6, 6.07) is 6.20. The molecule has 0 fully saturated rings. The molecule has 1 aromatic heterocycles. The van der Waals surface area contributed by atoms with Crippen LogP contribution in [0.5, 0.6) is 0 Å². The minimum atomic E-state index is -0.350. The standard InChI is InChI=1S/C9H6BrFN2O/c10-9-5(2-1-3-6(9)11)7-4-8(12)13-14-7/h1-4H,(H2,12,13). The number of anilines is 1. The molecule has 2 rings (SSSR count). The van der Waals surface area contributed by atoms with Crippen LogP contribution in [0, 0.1) is 5.82 Å². The largest absolute Gasteiger partial charge is 0.381 e. The molecule has 2 aromatic rings. The van der Waals surface area contributed by atoms with Gasteiger partial charge >= 0.3 is 0 Å². The molecule has 0 radical (unpaired) electrons. The van der Waals surface area contributed by atoms with E-state index in [0.29, 0.717) is 15.8 Å². The molecule has 0 aliphatic carbocycles. The fourth-order valence-corrected chi connectivity index (χ4v) is 1.57. The van der Waals surface area contributed by atoms with Gasteiger partial charge in [0.15, 0.2) is 11.6 Å². The Morgan fingerprint density at radius 3 is 2.86 bits per heavy atom. The molecule has 0 spiro atoms. The molecule has 2 N–H and O–H groups in total. The van der Waals surface area contributed by atoms with Crippen molar-refractivity contribution in [2.24, 2.45) is 0 Å². The first-order valence-electron chi connectivity index (χ1n) is 3.85. The summed E-state index contributed by atoms with van der Waals surface area (Å²) in [5, 5.41) is 3.52. The molecule has 72 valence electrons. The zero-order chi connectivity index (χ0) is 10.1. The zero-order valence-electron chi connectivity index (χ0n) is 7.00. The smallest absolute Gasteiger partial charge is 0.170 e. The molecule has 0 amide bonds. The maximum atomic E-state index is 13.1. The van der Waals surface area contributed by atoms with E-state index in [1.807, 2.05) is 0 Å². The van der Waals surface area contributed by atoms with Gasteiger partial charge in [0.1, 0.15) is 5.82 Å². The van der Waals surface area contributed by atoms with Crippen LogP contribution in [0.1, 0.15) is 0 Å². The molecule has 0 aliphatic rings. The molecule has 0 unspecified atom stereocenters. The first kappa shape index (κ1) is 9.21. The van der Waals surface area contributed by atoms with E-state index in [0.717, 1.165) is 0 Å². The Labute approximate surface area is 87.8 Å². The molecule has 0 aliphatic heterocycles. The second-order valence-corrected chi connectivity index (χ2v) is 3.51. The lowest BCUT2D eigenvalue weighted by Crippen LogP contribution is -1.82. The molecule has 0 saturated carbocycles. The Kier molecular flexibility index (Phi) is 2.25. The van der Waals surface area contributed by atoms with Gasteiger partial charge in [-0.25, -0.2) is 4.39 Å². The van der Waals surface area contributed by atoms with Crippen molar-refractivity contribution in [3.05, 3.63) is 34.6 Å². The summed E-state index contributed by atoms with van der Waals surface area (Å²) in [5.74, 6) is 0.363. The Balaban J connectivity index is 2.57. The van der Waals surface area contributed by atoms with Gasteiger partial charge in [-0.3, -0.25) is 0 Å². The summed E-state index contributed by atoms with van der Waals surface area (Å²) >= 11 is 3.12. The van der Waals surface area contributed by atoms with Gasteiger partial charge < -0.3 is 10.3 Å². The van der Waals surface area contributed by atoms with Crippen molar-refractivity contribution >= 4 is 21.7 Å². The van der Waals surface area contributed by atoms with Crippen molar-refractivity contribution in [1.29, 1.82) is 0 Å². The van der Waals surface area contributed by atoms with Gasteiger partial charge in [0.25, 0.3) is 0 Å². The number of nitrogen functional groups attached to an aromatic ring is 1. The fourth-order valence-electron chi connectivity index (χ4n) is 1.11. The van der Waals surface area contributed by atoms with Crippen LogP contribution in [0.25, 0.3) is 11.3 Å². The van der Waals surface area contributed by atoms with Crippen LogP contribution >= 0.6 is 15.9 Å². The van der Waals surface area contributed by atoms with E-state index < -0.39 is 0 Å². The molecule has 1 heterocycles. The molecular weight excluding hydrogens is 251 g/mol. The lowest BCUT2D eigenvalue weighted by atomic mass is 10.2. The highest BCUT2D eigenvalue weighted by Gasteiger charge is 2.11. The summed E-state index contributed by atoms with van der Waals surface area (Å²) in [7, 11) is 0. The predicted molar refractivity (Wildman–Crippen MR) is 54.0 cm³/mol. The van der Waals surface area contributed by atoms with Crippen LogP contribution in [0.15, 0.2) is 33.3 Å². The summed E-state index contributed by atoms with van der Waals surface area (Å²) in [4.78, 5) is 0. The highest BCUT2D eigenvalue weighted by Crippen LogP contribution is 2.30. The van der Waals surface area contributed by atoms with Crippen LogP contribution in [-0.2, 0) is 0 Å². The zero-order valence-corrected chi connectivity index (χ0v) is 8.58. The maximum absolute atomic E-state index is 13.1. The Bertz CT molecular complexity index is 470. The molecule has 0 atom stereocenters. The fraction of sp³-hybridized carbons (Fsp3) is 0. The Hall–Kier alpha value is -1.36. The highest BCUT2D eigenvalue weighted by atomic mass is 79.9. The maximum Gasteiger partial charge on any atom is 0.170 e. The molecule has 14 heavy (non-hydrogen) atoms. The molecular formula is C9H6BrFN2O. The van der Waals surface area contributed by atoms with Crippen molar-refractivity contribution in [1.82, 2.24) is 5.16 Å². The van der Waals surface area contributed by atoms with Crippen LogP contribution < -0.4 is 5.73 Å². The topological polar surface area (TPSA) is 52.0 Å². The number of halogens is 2. The van der Waals surface area contributed by atoms with Gasteiger partial charge in [-0.05, 0) is 28.1 Å². The number of hydrogen-bond acceptors (Lipinski definition) is 3. The third kappa shape index (κ3) is 1.50. The molecule has 0 saturated heterocycles. The normalized spacial score (nSPS) is 10.4. The second kappa shape index (κ2) is 3.42. The Morgan fingerprint density at radius 2 is 2.21 bits per heavy atom. The summed E-state index contributed by atoms with van der Waals surface area (Å²) in [6.07, 6.45) is 0. The van der Waals surface area contributed by atoms with Gasteiger partial charge in [-0.15, -0.1) is 0 Å². The van der Waals surface area contributed by atoms with E-state index in [9.17, 15) is 4.39 Å². The van der Waals surface area contributed by atoms with Crippen molar-refractivity contribution in [3.63, 3.8) is 0 Å². The van der Waals surface area contributed by atoms with E-state index in [1.54, 1.807) is 18.2 Å². The molecule has 1 aromatic carbocycles. The van der Waals surface area contributed by atoms with Gasteiger partial charge in [-0.1, -0.05) is 11.2 Å². The van der Waals surface area contributed by atoms with Crippen molar-refractivity contribution < 1.29 is 8.91 Å². The number of aromatic nitrogens is 1. The van der Waals surface area contributed by atoms with Crippen LogP contribution in [0.4, 0.5) is 10.2 Å². The molecule has 3 nitrogen and oxygen atoms in total. The number of benzene rings is 1. The van der Waals surface area contributed by atoms with Gasteiger partial charge in [0.2, 0.25) is 0 Å². The average molecular weight is 257 g/mol. The monoisotopic (exact) mass is 256 g/mol. The summed E-state index contributed by atoms with van der Waals surface area (Å²) in [5.41, 5.74) is 5.98. The number of hydrogen-bond donors (Lipinski definition) is 1. The predicted octanol–water partition coefficient (Wildman–Crippen LogP) is 2.83. The summed E-state index contributed by atoms with van der Waals surface area (Å²) in [6.45, 7) is 0. The van der Waals surface area contributed by atoms with E-state index in [2.05, 4.69) is 21.1 Å². The third-order valence-corrected chi connectivity index (χ3v) is 2.55. The van der Waals surface area contributed by atoms with Gasteiger partial charge in [0, 0.05) is 11.6 Å². The van der Waals surface area contributed by atoms with Crippen LogP contribution in [0.3, 0.4) is 0 Å². The summed E-state index contributed by atoms with van der Waals surface area (Å²) < 4.78 is 18.4. The third-order valence-electron chi connectivity index (χ3n) is 1.75. The Morgan fingerprint density at radius 1 is 1.43 bits per heavy atom. The first-order valence-corrected chi connectivity index (χ1v) is 4.64. The van der Waals surface area contributed by atoms with Crippen molar-refractivity contribution in [3.8, 4) is 11.3 Å².